The SMILES string of the molecule is CC[C@H](C)[C@@H]1NC(=O)[C@H](C(C)C)N(C)C(=O)[C@@H]2C[C@@]3(O)c4ccccc4N[C@H]3N2C(=O)CN(C)C(=O)[C@H]([C@@H](C)CC)N(C)C(=O)[C@H](C(C)C)NC(=O)CN(C)C(=O)[C@H]([C@@H](C)CC)N(C)C(=O)[C@H](C(C)(C)O)N(C)C(=O)CN(C)C(=O)[C@H](C(C)C)N(C)C(=O)[C@H](C(C)C)N(C)C1=O. The number of hydrogen-bond acceptors (Lipinski definition) is 15. The van der Waals surface area contributed by atoms with E-state index < -0.39 is 204 Å². The van der Waals surface area contributed by atoms with Crippen molar-refractivity contribution in [2.75, 3.05) is 88.4 Å². The molecule has 0 bridgehead atoms. The highest BCUT2D eigenvalue weighted by Gasteiger charge is 2.61. The summed E-state index contributed by atoms with van der Waals surface area (Å²) in [5.74, 6) is -12.5. The van der Waals surface area contributed by atoms with Crippen LogP contribution in [0.25, 0.3) is 0 Å². The monoisotopic (exact) mass is 1350 g/mol. The molecule has 540 valence electrons. The van der Waals surface area contributed by atoms with Crippen LogP contribution in [0.2, 0.25) is 0 Å². The molecule has 3 aliphatic rings. The van der Waals surface area contributed by atoms with Crippen molar-refractivity contribution in [3.8, 4) is 0 Å². The van der Waals surface area contributed by atoms with Crippen LogP contribution in [-0.2, 0) is 63.1 Å². The predicted molar refractivity (Wildman–Crippen MR) is 363 cm³/mol. The first-order chi connectivity index (χ1) is 44.3. The van der Waals surface area contributed by atoms with Crippen LogP contribution in [0.15, 0.2) is 24.3 Å². The number of benzene rings is 1. The van der Waals surface area contributed by atoms with Gasteiger partial charge in [-0.15, -0.1) is 0 Å². The highest BCUT2D eigenvalue weighted by molar-refractivity contribution is 6.00. The fourth-order valence-corrected chi connectivity index (χ4v) is 14.0. The van der Waals surface area contributed by atoms with Crippen molar-refractivity contribution < 1.29 is 67.7 Å². The van der Waals surface area contributed by atoms with E-state index in [0.717, 1.165) is 24.5 Å². The van der Waals surface area contributed by atoms with Crippen LogP contribution >= 0.6 is 0 Å². The number of aliphatic hydroxyl groups is 2. The van der Waals surface area contributed by atoms with Crippen LogP contribution in [0.1, 0.15) is 142 Å². The zero-order chi connectivity index (χ0) is 73.6. The van der Waals surface area contributed by atoms with Crippen LogP contribution in [0.4, 0.5) is 5.69 Å². The Balaban J connectivity index is 1.94. The zero-order valence-electron chi connectivity index (χ0n) is 61.8. The number of para-hydroxylation sites is 1. The van der Waals surface area contributed by atoms with Crippen LogP contribution in [-0.4, -0.2) is 279 Å². The molecule has 96 heavy (non-hydrogen) atoms. The van der Waals surface area contributed by atoms with Crippen LogP contribution in [0, 0.1) is 41.4 Å². The van der Waals surface area contributed by atoms with E-state index in [1.807, 2.05) is 13.8 Å². The first kappa shape index (κ1) is 81.0. The van der Waals surface area contributed by atoms with E-state index in [-0.39, 0.29) is 6.42 Å². The Morgan fingerprint density at radius 2 is 0.865 bits per heavy atom. The Morgan fingerprint density at radius 3 is 1.33 bits per heavy atom. The van der Waals surface area contributed by atoms with Crippen molar-refractivity contribution in [3.63, 3.8) is 0 Å². The third-order valence-corrected chi connectivity index (χ3v) is 20.2. The molecule has 0 unspecified atom stereocenters. The number of nitrogens with zero attached hydrogens (tertiary/aromatic N) is 10. The van der Waals surface area contributed by atoms with E-state index in [4.69, 9.17) is 0 Å². The minimum Gasteiger partial charge on any atom is -0.388 e. The van der Waals surface area contributed by atoms with Gasteiger partial charge in [-0.2, -0.15) is 0 Å². The summed E-state index contributed by atoms with van der Waals surface area (Å²) in [6.07, 6.45) is -0.450. The number of anilines is 1. The molecule has 27 nitrogen and oxygen atoms in total. The maximum atomic E-state index is 15.4. The van der Waals surface area contributed by atoms with Gasteiger partial charge in [0, 0.05) is 81.1 Å². The third kappa shape index (κ3) is 17.1. The predicted octanol–water partition coefficient (Wildman–Crippen LogP) is 2.08. The molecule has 4 rings (SSSR count). The molecule has 0 spiro atoms. The van der Waals surface area contributed by atoms with Gasteiger partial charge in [0.2, 0.25) is 70.9 Å². The number of rotatable bonds is 11. The molecule has 2 saturated heterocycles. The minimum atomic E-state index is -1.95. The van der Waals surface area contributed by atoms with Gasteiger partial charge in [-0.3, -0.25) is 57.5 Å². The maximum Gasteiger partial charge on any atom is 0.248 e. The van der Waals surface area contributed by atoms with Gasteiger partial charge in [0.15, 0.2) is 0 Å². The van der Waals surface area contributed by atoms with Gasteiger partial charge in [-0.25, -0.2) is 0 Å². The van der Waals surface area contributed by atoms with Crippen molar-refractivity contribution in [2.24, 2.45) is 41.4 Å². The Bertz CT molecular complexity index is 3030. The minimum absolute atomic E-state index is 0.328. The molecule has 0 aromatic heterocycles. The molecule has 0 saturated carbocycles. The number of nitrogens with one attached hydrogen (secondary N) is 3. The average molecular weight is 1350 g/mol. The van der Waals surface area contributed by atoms with Crippen molar-refractivity contribution in [1.29, 1.82) is 0 Å². The fraction of sp³-hybridized carbons (Fsp3) is 0.739. The second-order valence-corrected chi connectivity index (χ2v) is 29.3. The van der Waals surface area contributed by atoms with Crippen molar-refractivity contribution >= 4 is 76.6 Å². The van der Waals surface area contributed by atoms with Gasteiger partial charge in [0.25, 0.3) is 0 Å². The molecule has 3 aliphatic heterocycles. The summed E-state index contributed by atoms with van der Waals surface area (Å²) in [4.78, 5) is 190. The molecular formula is C69H115N13O14. The molecule has 0 radical (unpaired) electrons. The Labute approximate surface area is 569 Å². The first-order valence-electron chi connectivity index (χ1n) is 33.9. The second kappa shape index (κ2) is 32.8. The van der Waals surface area contributed by atoms with Gasteiger partial charge in [-0.1, -0.05) is 134 Å². The van der Waals surface area contributed by atoms with Crippen LogP contribution in [0.3, 0.4) is 0 Å². The van der Waals surface area contributed by atoms with E-state index in [1.54, 1.807) is 107 Å². The van der Waals surface area contributed by atoms with E-state index in [2.05, 4.69) is 16.0 Å². The van der Waals surface area contributed by atoms with E-state index in [0.29, 0.717) is 30.5 Å². The summed E-state index contributed by atoms with van der Waals surface area (Å²) >= 11 is 0. The van der Waals surface area contributed by atoms with Gasteiger partial charge >= 0.3 is 0 Å². The Hall–Kier alpha value is -7.42. The van der Waals surface area contributed by atoms with Gasteiger partial charge in [0.1, 0.15) is 66.1 Å². The van der Waals surface area contributed by atoms with Gasteiger partial charge in [0.05, 0.1) is 25.2 Å². The Morgan fingerprint density at radius 1 is 0.458 bits per heavy atom. The average Bonchev–Trinajstić information content (AvgIpc) is 1.55. The highest BCUT2D eigenvalue weighted by atomic mass is 16.3. The number of carbonyl (C=O) groups excluding carboxylic acids is 12. The molecule has 12 amide bonds. The molecule has 1 aromatic carbocycles. The molecule has 1 aromatic rings. The smallest absolute Gasteiger partial charge is 0.248 e. The van der Waals surface area contributed by atoms with Crippen LogP contribution < -0.4 is 16.0 Å². The lowest BCUT2D eigenvalue weighted by Crippen LogP contribution is -2.64. The van der Waals surface area contributed by atoms with Crippen molar-refractivity contribution in [2.45, 2.75) is 208 Å². The number of amides is 12. The highest BCUT2D eigenvalue weighted by Crippen LogP contribution is 2.50. The molecule has 3 heterocycles. The lowest BCUT2D eigenvalue weighted by Gasteiger charge is -2.42. The largest absolute Gasteiger partial charge is 0.388 e. The van der Waals surface area contributed by atoms with Crippen molar-refractivity contribution in [3.05, 3.63) is 29.8 Å². The number of hydrogen-bond donors (Lipinski definition) is 5. The standard InChI is InChI=1S/C69H115N13O14/c1-26-41(12)51-61(89)78(22)54(40(10)11)65(93)79(23)53(39(8)9)62(90)74(18)35-48(84)76(20)57(68(15,16)95)66(94)81(25)56(43(14)28-3)63(91)73(17)34-47(83)71-50(37(4)5)60(88)80(24)55(42(13)27-2)64(92)75(19)36-49(85)82-46(59(87)77(21)52(38(6)7)58(86)72-51)33-69(96)44-31-29-30-32-45(44)70-67(69)82/h29-32,37-43,46,50-57,67,70,95-96H,26-28,33-36H2,1-25H3,(H,71,83)(H,72,86)/t41-,42-,43-,46-,50-,51-,52-,53-,54-,55-,56-,57+,67-,69+/m0/s1. The normalized spacial score (nSPS) is 28.5. The van der Waals surface area contributed by atoms with Crippen LogP contribution in [0.5, 0.6) is 0 Å². The fourth-order valence-electron chi connectivity index (χ4n) is 14.0. The van der Waals surface area contributed by atoms with Gasteiger partial charge < -0.3 is 75.2 Å². The number of fused-ring (bicyclic) bond motifs is 5. The van der Waals surface area contributed by atoms with E-state index in [9.17, 15) is 39.0 Å². The molecule has 0 aliphatic carbocycles. The molecule has 27 heteroatoms. The zero-order valence-corrected chi connectivity index (χ0v) is 61.8. The maximum absolute atomic E-state index is 15.4. The lowest BCUT2D eigenvalue weighted by atomic mass is 9.90. The molecular weight excluding hydrogens is 1230 g/mol. The summed E-state index contributed by atoms with van der Waals surface area (Å²) < 4.78 is 0. The van der Waals surface area contributed by atoms with Crippen molar-refractivity contribution in [1.82, 2.24) is 59.6 Å². The molecule has 5 N–H and O–H groups in total. The first-order valence-corrected chi connectivity index (χ1v) is 33.9. The molecule has 2 fully saturated rings. The third-order valence-electron chi connectivity index (χ3n) is 20.2. The summed E-state index contributed by atoms with van der Waals surface area (Å²) in [5.41, 5.74) is -2.88. The van der Waals surface area contributed by atoms with E-state index >= 15 is 28.8 Å². The quantitative estimate of drug-likeness (QED) is 0.212. The number of likely N-dealkylation sites (N-methyl/N-ethyl adjacent to an activating group) is 9. The number of carbonyl (C=O) groups is 12. The topological polar surface area (TPSA) is 314 Å². The second-order valence-electron chi connectivity index (χ2n) is 29.3. The summed E-state index contributed by atoms with van der Waals surface area (Å²) in [6, 6.07) is -4.93. The Kier molecular flexibility index (Phi) is 27.6. The van der Waals surface area contributed by atoms with E-state index in [1.165, 1.54) is 102 Å². The van der Waals surface area contributed by atoms with Gasteiger partial charge in [-0.05, 0) is 61.3 Å². The summed E-state index contributed by atoms with van der Waals surface area (Å²) in [5, 5.41) is 33.4. The summed E-state index contributed by atoms with van der Waals surface area (Å²) in [7, 11) is 12.4. The lowest BCUT2D eigenvalue weighted by molar-refractivity contribution is -0.160. The summed E-state index contributed by atoms with van der Waals surface area (Å²) in [6.45, 7) is 25.1. The molecule has 14 atom stereocenters.